The van der Waals surface area contributed by atoms with E-state index in [1.807, 2.05) is 121 Å². The predicted octanol–water partition coefficient (Wildman–Crippen LogP) is 8.85. The highest BCUT2D eigenvalue weighted by molar-refractivity contribution is 5.92. The SMILES string of the molecule is CC(C)(C)OC(=O)N[C@H](Cc1ccccc1)C(=O)N[C@H](Cc1ccccc1)C(=O)NCCCCCCCCCCCCNC(=O)[C@@H](Cc1ccccc1)NC(=O)[C@@H](Cc1ccccc1)NC(=O)OC(C)(C)C. The minimum absolute atomic E-state index is 0.225. The number of carbonyl (C=O) groups excluding carboxylic acids is 6. The molecule has 0 bridgehead atoms. The van der Waals surface area contributed by atoms with E-state index in [9.17, 15) is 28.8 Å². The highest BCUT2D eigenvalue weighted by Gasteiger charge is 2.31. The van der Waals surface area contributed by atoms with Gasteiger partial charge in [-0.25, -0.2) is 9.59 Å². The molecule has 6 amide bonds. The van der Waals surface area contributed by atoms with E-state index in [4.69, 9.17) is 9.47 Å². The molecule has 4 rings (SSSR count). The molecule has 0 saturated carbocycles. The van der Waals surface area contributed by atoms with Crippen molar-refractivity contribution in [3.8, 4) is 0 Å². The molecule has 72 heavy (non-hydrogen) atoms. The number of amides is 6. The molecule has 4 aromatic rings. The summed E-state index contributed by atoms with van der Waals surface area (Å²) in [6.45, 7) is 11.5. The lowest BCUT2D eigenvalue weighted by atomic mass is 10.0. The molecule has 0 aliphatic heterocycles. The molecule has 390 valence electrons. The van der Waals surface area contributed by atoms with E-state index >= 15 is 0 Å². The molecule has 4 aromatic carbocycles. The average molecular weight is 989 g/mol. The zero-order valence-electron chi connectivity index (χ0n) is 43.4. The molecule has 0 aromatic heterocycles. The minimum atomic E-state index is -0.962. The second-order valence-corrected chi connectivity index (χ2v) is 20.4. The smallest absolute Gasteiger partial charge is 0.408 e. The highest BCUT2D eigenvalue weighted by Crippen LogP contribution is 2.14. The number of nitrogens with one attached hydrogen (secondary N) is 6. The van der Waals surface area contributed by atoms with Gasteiger partial charge in [0.25, 0.3) is 0 Å². The van der Waals surface area contributed by atoms with Crippen LogP contribution in [0.25, 0.3) is 0 Å². The van der Waals surface area contributed by atoms with Crippen LogP contribution in [0.1, 0.15) is 128 Å². The quantitative estimate of drug-likeness (QED) is 0.0291. The van der Waals surface area contributed by atoms with Crippen molar-refractivity contribution in [1.82, 2.24) is 31.9 Å². The Hall–Kier alpha value is -6.70. The van der Waals surface area contributed by atoms with E-state index < -0.39 is 59.4 Å². The molecular formula is C58H80N6O8. The standard InChI is InChI=1S/C58H80N6O8/c1-57(2,3)71-55(69)63-49(41-45-33-23-17-24-34-45)53(67)61-47(39-43-29-19-15-20-30-43)51(65)59-37-27-13-11-9-7-8-10-12-14-28-38-60-52(66)48(40-44-31-21-16-22-32-44)62-54(68)50(42-46-35-25-18-26-36-46)64-56(70)72-58(4,5)6/h15-26,29-36,47-50H,7-14,27-28,37-42H2,1-6H3,(H,59,65)(H,60,66)(H,61,67)(H,62,68)(H,63,69)(H,64,70)/t47-,48-,49-,50-/m1/s1. The molecule has 0 aliphatic rings. The molecule has 6 N–H and O–H groups in total. The Morgan fingerprint density at radius 2 is 0.583 bits per heavy atom. The van der Waals surface area contributed by atoms with Crippen LogP contribution in [0.2, 0.25) is 0 Å². The van der Waals surface area contributed by atoms with Crippen LogP contribution in [0, 0.1) is 0 Å². The third-order valence-electron chi connectivity index (χ3n) is 11.6. The van der Waals surface area contributed by atoms with Crippen molar-refractivity contribution in [3.05, 3.63) is 144 Å². The van der Waals surface area contributed by atoms with Crippen LogP contribution in [-0.4, -0.2) is 84.3 Å². The second-order valence-electron chi connectivity index (χ2n) is 20.4. The fraction of sp³-hybridized carbons (Fsp3) is 0.483. The van der Waals surface area contributed by atoms with Gasteiger partial charge in [0.05, 0.1) is 0 Å². The number of unbranched alkanes of at least 4 members (excludes halogenated alkanes) is 9. The van der Waals surface area contributed by atoms with Crippen molar-refractivity contribution in [2.45, 2.75) is 167 Å². The van der Waals surface area contributed by atoms with Crippen LogP contribution in [0.15, 0.2) is 121 Å². The molecule has 0 fully saturated rings. The monoisotopic (exact) mass is 989 g/mol. The van der Waals surface area contributed by atoms with Crippen molar-refractivity contribution >= 4 is 35.8 Å². The van der Waals surface area contributed by atoms with E-state index in [0.29, 0.717) is 25.9 Å². The van der Waals surface area contributed by atoms with E-state index in [-0.39, 0.29) is 24.7 Å². The van der Waals surface area contributed by atoms with Crippen molar-refractivity contribution in [2.75, 3.05) is 13.1 Å². The summed E-state index contributed by atoms with van der Waals surface area (Å²) in [4.78, 5) is 80.3. The van der Waals surface area contributed by atoms with Crippen LogP contribution in [-0.2, 0) is 54.3 Å². The molecule has 0 radical (unpaired) electrons. The van der Waals surface area contributed by atoms with Gasteiger partial charge in [0.1, 0.15) is 35.4 Å². The number of hydrogen-bond acceptors (Lipinski definition) is 8. The molecule has 0 heterocycles. The van der Waals surface area contributed by atoms with E-state index in [2.05, 4.69) is 31.9 Å². The second kappa shape index (κ2) is 30.9. The Morgan fingerprint density at radius 1 is 0.347 bits per heavy atom. The average Bonchev–Trinajstić information content (AvgIpc) is 3.33. The molecule has 0 aliphatic carbocycles. The van der Waals surface area contributed by atoms with Gasteiger partial charge in [0, 0.05) is 38.8 Å². The molecule has 14 nitrogen and oxygen atoms in total. The summed E-state index contributed by atoms with van der Waals surface area (Å²) in [6, 6.07) is 34.2. The van der Waals surface area contributed by atoms with Crippen molar-refractivity contribution < 1.29 is 38.2 Å². The lowest BCUT2D eigenvalue weighted by Crippen LogP contribution is -2.55. The summed E-state index contributed by atoms with van der Waals surface area (Å²) < 4.78 is 10.9. The van der Waals surface area contributed by atoms with Gasteiger partial charge in [0.2, 0.25) is 23.6 Å². The molecule has 0 saturated heterocycles. The lowest BCUT2D eigenvalue weighted by Gasteiger charge is -2.25. The van der Waals surface area contributed by atoms with Crippen molar-refractivity contribution in [1.29, 1.82) is 0 Å². The maximum atomic E-state index is 13.8. The Labute approximate surface area is 428 Å². The van der Waals surface area contributed by atoms with Crippen LogP contribution in [0.3, 0.4) is 0 Å². The molecule has 14 heteroatoms. The van der Waals surface area contributed by atoms with Gasteiger partial charge in [0.15, 0.2) is 0 Å². The summed E-state index contributed by atoms with van der Waals surface area (Å²) in [7, 11) is 0. The maximum absolute atomic E-state index is 13.8. The molecular weight excluding hydrogens is 909 g/mol. The zero-order valence-corrected chi connectivity index (χ0v) is 43.4. The van der Waals surface area contributed by atoms with Gasteiger partial charge < -0.3 is 41.4 Å². The number of benzene rings is 4. The first-order chi connectivity index (χ1) is 34.4. The van der Waals surface area contributed by atoms with Crippen LogP contribution >= 0.6 is 0 Å². The number of ether oxygens (including phenoxy) is 2. The van der Waals surface area contributed by atoms with Crippen LogP contribution in [0.4, 0.5) is 9.59 Å². The summed E-state index contributed by atoms with van der Waals surface area (Å²) in [5, 5.41) is 17.4. The minimum Gasteiger partial charge on any atom is -0.444 e. The fourth-order valence-electron chi connectivity index (χ4n) is 8.01. The van der Waals surface area contributed by atoms with E-state index in [0.717, 1.165) is 86.5 Å². The van der Waals surface area contributed by atoms with Crippen molar-refractivity contribution in [2.24, 2.45) is 0 Å². The van der Waals surface area contributed by atoms with Crippen molar-refractivity contribution in [3.63, 3.8) is 0 Å². The largest absolute Gasteiger partial charge is 0.444 e. The lowest BCUT2D eigenvalue weighted by molar-refractivity contribution is -0.130. The van der Waals surface area contributed by atoms with Gasteiger partial charge in [-0.3, -0.25) is 19.2 Å². The Kier molecular flexibility index (Phi) is 24.8. The first-order valence-electron chi connectivity index (χ1n) is 25.7. The first-order valence-corrected chi connectivity index (χ1v) is 25.7. The summed E-state index contributed by atoms with van der Waals surface area (Å²) in [6.07, 6.45) is 9.70. The van der Waals surface area contributed by atoms with Crippen LogP contribution in [0.5, 0.6) is 0 Å². The van der Waals surface area contributed by atoms with Gasteiger partial charge in [-0.2, -0.15) is 0 Å². The fourth-order valence-corrected chi connectivity index (χ4v) is 8.01. The number of hydrogen-bond donors (Lipinski definition) is 6. The number of carbonyl (C=O) groups is 6. The summed E-state index contributed by atoms with van der Waals surface area (Å²) >= 11 is 0. The van der Waals surface area contributed by atoms with Crippen LogP contribution < -0.4 is 31.9 Å². The third kappa shape index (κ3) is 24.4. The number of rotatable bonds is 29. The van der Waals surface area contributed by atoms with E-state index in [1.54, 1.807) is 41.5 Å². The van der Waals surface area contributed by atoms with Gasteiger partial charge in [-0.1, -0.05) is 173 Å². The van der Waals surface area contributed by atoms with Gasteiger partial charge in [-0.05, 0) is 76.6 Å². The third-order valence-corrected chi connectivity index (χ3v) is 11.6. The van der Waals surface area contributed by atoms with Gasteiger partial charge >= 0.3 is 12.2 Å². The predicted molar refractivity (Wildman–Crippen MR) is 283 cm³/mol. The van der Waals surface area contributed by atoms with E-state index in [1.165, 1.54) is 0 Å². The summed E-state index contributed by atoms with van der Waals surface area (Å²) in [5.74, 6) is -1.50. The number of alkyl carbamates (subject to hydrolysis) is 2. The first kappa shape index (κ1) is 57.9. The Balaban J connectivity index is 1.15. The summed E-state index contributed by atoms with van der Waals surface area (Å²) in [5.41, 5.74) is 2.01. The molecule has 0 spiro atoms. The molecule has 0 unspecified atom stereocenters. The normalized spacial score (nSPS) is 13.0. The molecule has 4 atom stereocenters. The Bertz CT molecular complexity index is 2070. The maximum Gasteiger partial charge on any atom is 0.408 e. The topological polar surface area (TPSA) is 193 Å². The zero-order chi connectivity index (χ0) is 52.2. The highest BCUT2D eigenvalue weighted by atomic mass is 16.6. The van der Waals surface area contributed by atoms with Gasteiger partial charge in [-0.15, -0.1) is 0 Å². The Morgan fingerprint density at radius 3 is 0.833 bits per heavy atom.